The highest BCUT2D eigenvalue weighted by molar-refractivity contribution is 6.36. The normalized spacial score (nSPS) is 15.4. The summed E-state index contributed by atoms with van der Waals surface area (Å²) in [7, 11) is 0. The van der Waals surface area contributed by atoms with Crippen LogP contribution in [0.5, 0.6) is 0 Å². The summed E-state index contributed by atoms with van der Waals surface area (Å²) >= 11 is 11.7. The van der Waals surface area contributed by atoms with E-state index >= 15 is 0 Å². The summed E-state index contributed by atoms with van der Waals surface area (Å²) in [4.78, 5) is 25.7. The predicted molar refractivity (Wildman–Crippen MR) is 81.8 cm³/mol. The second-order valence-corrected chi connectivity index (χ2v) is 5.84. The molecule has 0 spiro atoms. The van der Waals surface area contributed by atoms with Crippen molar-refractivity contribution in [2.45, 2.75) is 25.7 Å². The molecule has 6 heteroatoms. The van der Waals surface area contributed by atoms with Crippen LogP contribution in [0.25, 0.3) is 0 Å². The summed E-state index contributed by atoms with van der Waals surface area (Å²) in [5.41, 5.74) is 0.213. The molecule has 1 saturated heterocycles. The SMILES string of the molecule is O=C(OCC(=O)N1CCCCCC1)c1ccc(Cl)cc1Cl. The van der Waals surface area contributed by atoms with Crippen LogP contribution in [0, 0.1) is 0 Å². The standard InChI is InChI=1S/C15H17Cl2NO3/c16-11-5-6-12(13(17)9-11)15(20)21-10-14(19)18-7-3-1-2-4-8-18/h5-6,9H,1-4,7-8,10H2. The lowest BCUT2D eigenvalue weighted by Crippen LogP contribution is -2.35. The van der Waals surface area contributed by atoms with E-state index in [4.69, 9.17) is 27.9 Å². The van der Waals surface area contributed by atoms with Crippen molar-refractivity contribution in [3.8, 4) is 0 Å². The van der Waals surface area contributed by atoms with E-state index in [9.17, 15) is 9.59 Å². The van der Waals surface area contributed by atoms with Gasteiger partial charge in [-0.3, -0.25) is 4.79 Å². The number of esters is 1. The summed E-state index contributed by atoms with van der Waals surface area (Å²) in [6.45, 7) is 1.22. The summed E-state index contributed by atoms with van der Waals surface area (Å²) in [6, 6.07) is 4.51. The molecule has 1 fully saturated rings. The first-order chi connectivity index (χ1) is 10.1. The number of halogens is 2. The molecule has 0 saturated carbocycles. The first-order valence-corrected chi connectivity index (χ1v) is 7.73. The fraction of sp³-hybridized carbons (Fsp3) is 0.467. The quantitative estimate of drug-likeness (QED) is 0.796. The van der Waals surface area contributed by atoms with E-state index in [1.165, 1.54) is 12.1 Å². The number of amides is 1. The van der Waals surface area contributed by atoms with Crippen LogP contribution in [0.1, 0.15) is 36.0 Å². The van der Waals surface area contributed by atoms with E-state index < -0.39 is 5.97 Å². The van der Waals surface area contributed by atoms with Gasteiger partial charge in [0.15, 0.2) is 6.61 Å². The van der Waals surface area contributed by atoms with Crippen molar-refractivity contribution in [2.75, 3.05) is 19.7 Å². The van der Waals surface area contributed by atoms with E-state index in [-0.39, 0.29) is 23.1 Å². The highest BCUT2D eigenvalue weighted by Crippen LogP contribution is 2.21. The molecule has 0 N–H and O–H groups in total. The number of carbonyl (C=O) groups is 2. The van der Waals surface area contributed by atoms with E-state index in [0.29, 0.717) is 5.02 Å². The van der Waals surface area contributed by atoms with Crippen molar-refractivity contribution in [1.29, 1.82) is 0 Å². The lowest BCUT2D eigenvalue weighted by molar-refractivity contribution is -0.134. The van der Waals surface area contributed by atoms with Gasteiger partial charge >= 0.3 is 5.97 Å². The average molecular weight is 330 g/mol. The Kier molecular flexibility index (Phi) is 5.88. The minimum atomic E-state index is -0.611. The molecule has 114 valence electrons. The Morgan fingerprint density at radius 1 is 1.10 bits per heavy atom. The fourth-order valence-electron chi connectivity index (χ4n) is 2.27. The maximum absolute atomic E-state index is 12.0. The molecule has 21 heavy (non-hydrogen) atoms. The zero-order valence-electron chi connectivity index (χ0n) is 11.6. The van der Waals surface area contributed by atoms with Crippen molar-refractivity contribution in [3.63, 3.8) is 0 Å². The van der Waals surface area contributed by atoms with Gasteiger partial charge in [0.2, 0.25) is 0 Å². The highest BCUT2D eigenvalue weighted by Gasteiger charge is 2.18. The molecular weight excluding hydrogens is 313 g/mol. The number of hydrogen-bond donors (Lipinski definition) is 0. The molecule has 0 aliphatic carbocycles. The number of nitrogens with zero attached hydrogens (tertiary/aromatic N) is 1. The number of ether oxygens (including phenoxy) is 1. The predicted octanol–water partition coefficient (Wildman–Crippen LogP) is 3.55. The highest BCUT2D eigenvalue weighted by atomic mass is 35.5. The monoisotopic (exact) mass is 329 g/mol. The lowest BCUT2D eigenvalue weighted by atomic mass is 10.2. The smallest absolute Gasteiger partial charge is 0.340 e. The van der Waals surface area contributed by atoms with Crippen LogP contribution in [0.15, 0.2) is 18.2 Å². The second kappa shape index (κ2) is 7.66. The van der Waals surface area contributed by atoms with Crippen LogP contribution in [0.4, 0.5) is 0 Å². The molecule has 1 amide bonds. The van der Waals surface area contributed by atoms with Gasteiger partial charge in [0.05, 0.1) is 10.6 Å². The maximum atomic E-state index is 12.0. The zero-order chi connectivity index (χ0) is 15.2. The van der Waals surface area contributed by atoms with Crippen LogP contribution < -0.4 is 0 Å². The lowest BCUT2D eigenvalue weighted by Gasteiger charge is -2.20. The number of carbonyl (C=O) groups excluding carboxylic acids is 2. The number of likely N-dealkylation sites (tertiary alicyclic amines) is 1. The minimum Gasteiger partial charge on any atom is -0.452 e. The first kappa shape index (κ1) is 16.1. The van der Waals surface area contributed by atoms with Gasteiger partial charge in [0.25, 0.3) is 5.91 Å². The van der Waals surface area contributed by atoms with Crippen molar-refractivity contribution in [2.24, 2.45) is 0 Å². The van der Waals surface area contributed by atoms with Crippen molar-refractivity contribution in [3.05, 3.63) is 33.8 Å². The van der Waals surface area contributed by atoms with E-state index in [1.807, 2.05) is 0 Å². The van der Waals surface area contributed by atoms with Crippen LogP contribution >= 0.6 is 23.2 Å². The molecule has 1 heterocycles. The van der Waals surface area contributed by atoms with Crippen LogP contribution in [0.3, 0.4) is 0 Å². The van der Waals surface area contributed by atoms with E-state index in [0.717, 1.165) is 38.8 Å². The van der Waals surface area contributed by atoms with Gasteiger partial charge in [-0.15, -0.1) is 0 Å². The Balaban J connectivity index is 1.89. The fourth-order valence-corrected chi connectivity index (χ4v) is 2.76. The molecular formula is C15H17Cl2NO3. The summed E-state index contributed by atoms with van der Waals surface area (Å²) in [5, 5.41) is 0.659. The van der Waals surface area contributed by atoms with Gasteiger partial charge in [0, 0.05) is 18.1 Å². The Labute approximate surface area is 134 Å². The summed E-state index contributed by atoms with van der Waals surface area (Å²) < 4.78 is 5.05. The number of hydrogen-bond acceptors (Lipinski definition) is 3. The van der Waals surface area contributed by atoms with Crippen molar-refractivity contribution >= 4 is 35.1 Å². The molecule has 1 aromatic rings. The minimum absolute atomic E-state index is 0.157. The average Bonchev–Trinajstić information content (AvgIpc) is 2.73. The topological polar surface area (TPSA) is 46.6 Å². The molecule has 1 aliphatic rings. The number of rotatable bonds is 3. The van der Waals surface area contributed by atoms with Crippen LogP contribution in [-0.2, 0) is 9.53 Å². The Morgan fingerprint density at radius 3 is 2.38 bits per heavy atom. The van der Waals surface area contributed by atoms with E-state index in [2.05, 4.69) is 0 Å². The maximum Gasteiger partial charge on any atom is 0.340 e. The third-order valence-corrected chi connectivity index (χ3v) is 3.98. The van der Waals surface area contributed by atoms with Crippen LogP contribution in [0.2, 0.25) is 10.0 Å². The molecule has 0 bridgehead atoms. The molecule has 4 nitrogen and oxygen atoms in total. The summed E-state index contributed by atoms with van der Waals surface area (Å²) in [5.74, 6) is -0.768. The second-order valence-electron chi connectivity index (χ2n) is 5.00. The summed E-state index contributed by atoms with van der Waals surface area (Å²) in [6.07, 6.45) is 4.29. The first-order valence-electron chi connectivity index (χ1n) is 6.98. The molecule has 0 atom stereocenters. The van der Waals surface area contributed by atoms with Gasteiger partial charge in [0.1, 0.15) is 0 Å². The van der Waals surface area contributed by atoms with Gasteiger partial charge < -0.3 is 9.64 Å². The molecule has 1 aromatic carbocycles. The van der Waals surface area contributed by atoms with Gasteiger partial charge in [-0.05, 0) is 31.0 Å². The zero-order valence-corrected chi connectivity index (χ0v) is 13.1. The molecule has 2 rings (SSSR count). The Bertz CT molecular complexity index is 526. The molecule has 1 aliphatic heterocycles. The third-order valence-electron chi connectivity index (χ3n) is 3.44. The Morgan fingerprint density at radius 2 is 1.76 bits per heavy atom. The van der Waals surface area contributed by atoms with Crippen molar-refractivity contribution in [1.82, 2.24) is 4.90 Å². The third kappa shape index (κ3) is 4.61. The van der Waals surface area contributed by atoms with Crippen molar-refractivity contribution < 1.29 is 14.3 Å². The van der Waals surface area contributed by atoms with Gasteiger partial charge in [-0.2, -0.15) is 0 Å². The number of benzene rings is 1. The molecule has 0 aromatic heterocycles. The van der Waals surface area contributed by atoms with Gasteiger partial charge in [-0.25, -0.2) is 4.79 Å². The Hall–Kier alpha value is -1.26. The van der Waals surface area contributed by atoms with Gasteiger partial charge in [-0.1, -0.05) is 36.0 Å². The van der Waals surface area contributed by atoms with E-state index in [1.54, 1.807) is 11.0 Å². The molecule has 0 unspecified atom stereocenters. The molecule has 0 radical (unpaired) electrons. The van der Waals surface area contributed by atoms with Crippen LogP contribution in [-0.4, -0.2) is 36.5 Å². The largest absolute Gasteiger partial charge is 0.452 e.